The number of hydrogen-bond acceptors (Lipinski definition) is 7. The summed E-state index contributed by atoms with van der Waals surface area (Å²) in [5, 5.41) is 0.351. The Morgan fingerprint density at radius 2 is 2.15 bits per heavy atom. The molecule has 0 saturated heterocycles. The van der Waals surface area contributed by atoms with E-state index < -0.39 is 24.5 Å². The molecular weight excluding hydrogens is 380 g/mol. The van der Waals surface area contributed by atoms with Crippen molar-refractivity contribution in [1.29, 1.82) is 0 Å². The maximum absolute atomic E-state index is 14.6. The number of ether oxygens (including phenoxy) is 1. The van der Waals surface area contributed by atoms with Crippen molar-refractivity contribution in [3.05, 3.63) is 34.6 Å². The highest BCUT2D eigenvalue weighted by Gasteiger charge is 2.47. The van der Waals surface area contributed by atoms with E-state index in [1.54, 1.807) is 11.0 Å². The van der Waals surface area contributed by atoms with Crippen LogP contribution in [0.4, 0.5) is 19.3 Å². The lowest BCUT2D eigenvalue weighted by molar-refractivity contribution is -0.117. The number of aliphatic imine (C=N–C) groups is 1. The van der Waals surface area contributed by atoms with Gasteiger partial charge >= 0.3 is 6.09 Å². The summed E-state index contributed by atoms with van der Waals surface area (Å²) in [5.74, 6) is -3.57. The second-order valence-electron chi connectivity index (χ2n) is 5.88. The second kappa shape index (κ2) is 7.06. The largest absolute Gasteiger partial charge is 0.428 e. The number of amides is 2. The fourth-order valence-electron chi connectivity index (χ4n) is 2.85. The van der Waals surface area contributed by atoms with E-state index in [9.17, 15) is 18.4 Å². The number of hydrogen-bond donors (Lipinski definition) is 2. The molecule has 8 nitrogen and oxygen atoms in total. The molecule has 2 aliphatic rings. The van der Waals surface area contributed by atoms with Gasteiger partial charge in [0.15, 0.2) is 12.6 Å². The lowest BCUT2D eigenvalue weighted by Gasteiger charge is -2.28. The average molecular weight is 397 g/mol. The van der Waals surface area contributed by atoms with Crippen molar-refractivity contribution in [2.45, 2.75) is 17.7 Å². The van der Waals surface area contributed by atoms with E-state index in [0.29, 0.717) is 5.03 Å². The number of thioether (sulfide) groups is 1. The molecule has 144 valence electrons. The van der Waals surface area contributed by atoms with Crippen LogP contribution >= 0.6 is 11.8 Å². The van der Waals surface area contributed by atoms with Gasteiger partial charge in [0.25, 0.3) is 5.92 Å². The predicted molar refractivity (Wildman–Crippen MR) is 96.2 cm³/mol. The van der Waals surface area contributed by atoms with Crippen molar-refractivity contribution < 1.29 is 23.1 Å². The molecule has 4 N–H and O–H groups in total. The highest BCUT2D eigenvalue weighted by atomic mass is 32.2. The molecule has 0 saturated carbocycles. The van der Waals surface area contributed by atoms with Gasteiger partial charge in [-0.1, -0.05) is 17.8 Å². The van der Waals surface area contributed by atoms with Crippen LogP contribution in [-0.4, -0.2) is 42.9 Å². The molecule has 0 spiro atoms. The van der Waals surface area contributed by atoms with E-state index in [1.807, 2.05) is 0 Å². The highest BCUT2D eigenvalue weighted by Crippen LogP contribution is 2.49. The first-order valence-electron chi connectivity index (χ1n) is 7.87. The number of nitrogens with two attached hydrogens (primary N) is 2. The summed E-state index contributed by atoms with van der Waals surface area (Å²) in [5.41, 5.74) is 10.8. The first-order chi connectivity index (χ1) is 12.7. The third-order valence-electron chi connectivity index (χ3n) is 4.01. The van der Waals surface area contributed by atoms with Crippen molar-refractivity contribution >= 4 is 35.7 Å². The number of primary amides is 1. The number of rotatable bonds is 4. The summed E-state index contributed by atoms with van der Waals surface area (Å²) < 4.78 is 34.0. The smallest absolute Gasteiger partial charge is 0.406 e. The molecule has 0 radical (unpaired) electrons. The van der Waals surface area contributed by atoms with Gasteiger partial charge < -0.3 is 26.0 Å². The van der Waals surface area contributed by atoms with Crippen LogP contribution in [0.3, 0.4) is 0 Å². The molecule has 3 rings (SSSR count). The van der Waals surface area contributed by atoms with E-state index in [1.165, 1.54) is 25.3 Å². The van der Waals surface area contributed by atoms with E-state index in [0.717, 1.165) is 16.7 Å². The molecule has 0 aromatic heterocycles. The Hall–Kier alpha value is -2.82. The molecule has 0 bridgehead atoms. The standard InChI is InChI=1S/C16H17F2N5O3S/c1-9(24)23-7-16(17,18)12-10(23)3-2-4-11(12)27-14-13(19)21-5-6-22(14)8-26-15(20)25/h2-5H,6-8,19H2,1H3,(H2,20,25). The van der Waals surface area contributed by atoms with Crippen LogP contribution in [0.2, 0.25) is 0 Å². The van der Waals surface area contributed by atoms with Crippen molar-refractivity contribution in [3.63, 3.8) is 0 Å². The number of anilines is 1. The van der Waals surface area contributed by atoms with E-state index in [4.69, 9.17) is 16.2 Å². The lowest BCUT2D eigenvalue weighted by atomic mass is 10.1. The molecule has 11 heteroatoms. The molecule has 1 aromatic rings. The van der Waals surface area contributed by atoms with Crippen LogP contribution in [0.5, 0.6) is 0 Å². The number of fused-ring (bicyclic) bond motifs is 1. The van der Waals surface area contributed by atoms with Crippen LogP contribution < -0.4 is 16.4 Å². The van der Waals surface area contributed by atoms with Crippen molar-refractivity contribution in [2.75, 3.05) is 24.7 Å². The maximum atomic E-state index is 14.6. The van der Waals surface area contributed by atoms with Crippen LogP contribution in [-0.2, 0) is 15.5 Å². The van der Waals surface area contributed by atoms with E-state index in [-0.39, 0.29) is 35.2 Å². The molecule has 0 unspecified atom stereocenters. The number of benzene rings is 1. The minimum absolute atomic E-state index is 0.0988. The first-order valence-corrected chi connectivity index (χ1v) is 8.69. The molecule has 0 atom stereocenters. The zero-order chi connectivity index (χ0) is 19.8. The minimum atomic E-state index is -3.20. The van der Waals surface area contributed by atoms with Gasteiger partial charge in [0.05, 0.1) is 24.3 Å². The Bertz CT molecular complexity index is 858. The molecule has 1 aromatic carbocycles. The summed E-state index contributed by atoms with van der Waals surface area (Å²) in [7, 11) is 0. The molecule has 0 aliphatic carbocycles. The Morgan fingerprint density at radius 1 is 1.41 bits per heavy atom. The summed E-state index contributed by atoms with van der Waals surface area (Å²) in [4.78, 5) is 29.4. The number of nitrogens with zero attached hydrogens (tertiary/aromatic N) is 3. The first kappa shape index (κ1) is 19.0. The predicted octanol–water partition coefficient (Wildman–Crippen LogP) is 1.76. The van der Waals surface area contributed by atoms with Gasteiger partial charge in [-0.25, -0.2) is 9.79 Å². The molecule has 2 amide bonds. The van der Waals surface area contributed by atoms with Crippen LogP contribution in [0.1, 0.15) is 12.5 Å². The zero-order valence-electron chi connectivity index (χ0n) is 14.3. The van der Waals surface area contributed by atoms with Gasteiger partial charge in [-0.3, -0.25) is 4.79 Å². The fourth-order valence-corrected chi connectivity index (χ4v) is 3.98. The maximum Gasteiger partial charge on any atom is 0.406 e. The minimum Gasteiger partial charge on any atom is -0.428 e. The van der Waals surface area contributed by atoms with E-state index in [2.05, 4.69) is 4.99 Å². The number of alkyl halides is 2. The Morgan fingerprint density at radius 3 is 2.81 bits per heavy atom. The molecular formula is C16H17F2N5O3S. The zero-order valence-corrected chi connectivity index (χ0v) is 15.1. The van der Waals surface area contributed by atoms with Gasteiger partial charge in [0.2, 0.25) is 5.91 Å². The van der Waals surface area contributed by atoms with Gasteiger partial charge in [0.1, 0.15) is 5.03 Å². The lowest BCUT2D eigenvalue weighted by Crippen LogP contribution is -2.33. The normalized spacial score (nSPS) is 17.9. The average Bonchev–Trinajstić information content (AvgIpc) is 2.88. The third kappa shape index (κ3) is 3.68. The van der Waals surface area contributed by atoms with Gasteiger partial charge in [-0.15, -0.1) is 0 Å². The van der Waals surface area contributed by atoms with E-state index >= 15 is 0 Å². The Kier molecular flexibility index (Phi) is 4.96. The summed E-state index contributed by atoms with van der Waals surface area (Å²) in [6.07, 6.45) is 0.537. The molecule has 2 aliphatic heterocycles. The van der Waals surface area contributed by atoms with Crippen molar-refractivity contribution in [1.82, 2.24) is 4.90 Å². The summed E-state index contributed by atoms with van der Waals surface area (Å²) >= 11 is 0.971. The van der Waals surface area contributed by atoms with Crippen LogP contribution in [0, 0.1) is 0 Å². The van der Waals surface area contributed by atoms with Crippen LogP contribution in [0.15, 0.2) is 38.9 Å². The Labute approximate surface area is 157 Å². The fraction of sp³-hybridized carbons (Fsp3) is 0.312. The van der Waals surface area contributed by atoms with Crippen molar-refractivity contribution in [2.24, 2.45) is 16.5 Å². The molecule has 27 heavy (non-hydrogen) atoms. The van der Waals surface area contributed by atoms with Crippen LogP contribution in [0.25, 0.3) is 0 Å². The third-order valence-corrected chi connectivity index (χ3v) is 5.23. The summed E-state index contributed by atoms with van der Waals surface area (Å²) in [6, 6.07) is 4.59. The monoisotopic (exact) mass is 397 g/mol. The number of carbonyl (C=O) groups excluding carboxylic acids is 2. The number of carbonyl (C=O) groups is 2. The SMILES string of the molecule is CC(=O)N1CC(F)(F)c2c(SC3=C(N)N=CCN3COC(N)=O)cccc21. The highest BCUT2D eigenvalue weighted by molar-refractivity contribution is 8.03. The van der Waals surface area contributed by atoms with Gasteiger partial charge in [0, 0.05) is 18.0 Å². The van der Waals surface area contributed by atoms with Gasteiger partial charge in [-0.05, 0) is 12.1 Å². The Balaban J connectivity index is 1.97. The second-order valence-corrected chi connectivity index (χ2v) is 6.91. The quantitative estimate of drug-likeness (QED) is 0.800. The molecule has 2 heterocycles. The van der Waals surface area contributed by atoms with Crippen molar-refractivity contribution in [3.8, 4) is 0 Å². The van der Waals surface area contributed by atoms with Gasteiger partial charge in [-0.2, -0.15) is 8.78 Å². The summed E-state index contributed by atoms with van der Waals surface area (Å²) in [6.45, 7) is 0.595. The number of halogens is 2. The topological polar surface area (TPSA) is 114 Å². The molecule has 0 fully saturated rings.